The molecule has 140 valence electrons. The largest absolute Gasteiger partial charge is 0.384 e. The molecule has 1 aliphatic rings. The van der Waals surface area contributed by atoms with Gasteiger partial charge in [0.1, 0.15) is 11.4 Å². The van der Waals surface area contributed by atoms with Crippen molar-refractivity contribution in [1.82, 2.24) is 20.4 Å². The van der Waals surface area contributed by atoms with Gasteiger partial charge in [0.25, 0.3) is 0 Å². The van der Waals surface area contributed by atoms with Crippen molar-refractivity contribution in [3.05, 3.63) is 21.5 Å². The summed E-state index contributed by atoms with van der Waals surface area (Å²) in [7, 11) is 1.68. The van der Waals surface area contributed by atoms with Gasteiger partial charge in [-0.1, -0.05) is 0 Å². The van der Waals surface area contributed by atoms with Gasteiger partial charge in [0.2, 0.25) is 5.91 Å². The van der Waals surface area contributed by atoms with Crippen molar-refractivity contribution in [2.45, 2.75) is 39.7 Å². The Morgan fingerprint density at radius 1 is 1.44 bits per heavy atom. The Kier molecular flexibility index (Phi) is 6.49. The normalized spacial score (nSPS) is 16.6. The predicted molar refractivity (Wildman–Crippen MR) is 92.4 cm³/mol. The van der Waals surface area contributed by atoms with Crippen LogP contribution in [0.2, 0.25) is 0 Å². The van der Waals surface area contributed by atoms with E-state index in [-0.39, 0.29) is 23.4 Å². The number of ether oxygens (including phenoxy) is 1. The molecule has 0 radical (unpaired) electrons. The number of carbonyl (C=O) groups excluding carboxylic acids is 1. The number of aromatic nitrogens is 2. The zero-order valence-electron chi connectivity index (χ0n) is 15.1. The topological polar surface area (TPSA) is 111 Å². The average Bonchev–Trinajstić information content (AvgIpc) is 2.86. The van der Waals surface area contributed by atoms with E-state index >= 15 is 0 Å². The lowest BCUT2D eigenvalue weighted by molar-refractivity contribution is -0.386. The van der Waals surface area contributed by atoms with Crippen molar-refractivity contribution in [3.63, 3.8) is 0 Å². The highest BCUT2D eigenvalue weighted by atomic mass is 16.6. The summed E-state index contributed by atoms with van der Waals surface area (Å²) in [5.74, 6) is -0.0794. The summed E-state index contributed by atoms with van der Waals surface area (Å²) < 4.78 is 6.87. The molecule has 1 fully saturated rings. The molecule has 2 heterocycles. The highest BCUT2D eigenvalue weighted by Crippen LogP contribution is 2.28. The number of nitro groups is 1. The Bertz CT molecular complexity index is 617. The number of methoxy groups -OCH3 is 1. The zero-order valence-corrected chi connectivity index (χ0v) is 15.1. The van der Waals surface area contributed by atoms with E-state index in [4.69, 9.17) is 4.74 Å². The van der Waals surface area contributed by atoms with Crippen molar-refractivity contribution < 1.29 is 14.5 Å². The monoisotopic (exact) mass is 353 g/mol. The van der Waals surface area contributed by atoms with Gasteiger partial charge in [-0.15, -0.1) is 0 Å². The highest BCUT2D eigenvalue weighted by Gasteiger charge is 2.32. The zero-order chi connectivity index (χ0) is 18.4. The number of rotatable bonds is 8. The van der Waals surface area contributed by atoms with Crippen molar-refractivity contribution in [1.29, 1.82) is 0 Å². The van der Waals surface area contributed by atoms with Gasteiger partial charge in [-0.2, -0.15) is 5.10 Å². The van der Waals surface area contributed by atoms with Crippen molar-refractivity contribution in [2.24, 2.45) is 5.41 Å². The molecule has 0 saturated carbocycles. The predicted octanol–water partition coefficient (Wildman–Crippen LogP) is 0.931. The second kappa shape index (κ2) is 8.39. The first-order valence-corrected chi connectivity index (χ1v) is 8.53. The van der Waals surface area contributed by atoms with Gasteiger partial charge in [-0.25, -0.2) is 0 Å². The highest BCUT2D eigenvalue weighted by molar-refractivity contribution is 5.75. The Hall–Kier alpha value is -2.00. The van der Waals surface area contributed by atoms with E-state index in [9.17, 15) is 14.9 Å². The minimum atomic E-state index is -0.431. The number of nitrogens with one attached hydrogen (secondary N) is 2. The van der Waals surface area contributed by atoms with Crippen LogP contribution in [0, 0.1) is 29.4 Å². The third kappa shape index (κ3) is 4.76. The van der Waals surface area contributed by atoms with Crippen LogP contribution in [0.25, 0.3) is 0 Å². The van der Waals surface area contributed by atoms with Crippen molar-refractivity contribution >= 4 is 11.6 Å². The second-order valence-electron chi connectivity index (χ2n) is 6.71. The van der Waals surface area contributed by atoms with E-state index in [1.165, 1.54) is 4.68 Å². The van der Waals surface area contributed by atoms with Crippen LogP contribution in [0.4, 0.5) is 5.69 Å². The van der Waals surface area contributed by atoms with Crippen LogP contribution < -0.4 is 10.6 Å². The molecule has 0 spiro atoms. The number of aryl methyl sites for hydroxylation is 2. The summed E-state index contributed by atoms with van der Waals surface area (Å²) in [6, 6.07) is 0. The molecule has 1 amide bonds. The van der Waals surface area contributed by atoms with Crippen LogP contribution in [-0.2, 0) is 16.1 Å². The molecule has 9 nitrogen and oxygen atoms in total. The first kappa shape index (κ1) is 19.3. The Morgan fingerprint density at radius 2 is 2.12 bits per heavy atom. The Labute approximate surface area is 147 Å². The van der Waals surface area contributed by atoms with Crippen LogP contribution in [0.5, 0.6) is 0 Å². The molecule has 25 heavy (non-hydrogen) atoms. The molecule has 1 saturated heterocycles. The molecular formula is C16H27N5O4. The molecule has 1 aromatic rings. The number of hydrogen-bond donors (Lipinski definition) is 2. The molecule has 0 aromatic carbocycles. The van der Waals surface area contributed by atoms with E-state index in [0.29, 0.717) is 31.1 Å². The molecule has 9 heteroatoms. The van der Waals surface area contributed by atoms with Crippen LogP contribution in [0.3, 0.4) is 0 Å². The molecule has 0 bridgehead atoms. The standard InChI is InChI=1S/C16H27N5O4/c1-12-15(21(23)24)13(2)20(19-12)9-4-14(22)18-10-16(11-25-3)5-7-17-8-6-16/h17H,4-11H2,1-3H3,(H,18,22). The van der Waals surface area contributed by atoms with E-state index in [1.807, 2.05) is 0 Å². The van der Waals surface area contributed by atoms with Gasteiger partial charge in [0.15, 0.2) is 0 Å². The van der Waals surface area contributed by atoms with E-state index in [2.05, 4.69) is 15.7 Å². The second-order valence-corrected chi connectivity index (χ2v) is 6.71. The molecule has 1 aliphatic heterocycles. The van der Waals surface area contributed by atoms with Crippen molar-refractivity contribution in [2.75, 3.05) is 33.4 Å². The molecule has 2 N–H and O–H groups in total. The first-order valence-electron chi connectivity index (χ1n) is 8.53. The summed E-state index contributed by atoms with van der Waals surface area (Å²) in [5, 5.41) is 21.5. The maximum atomic E-state index is 12.2. The summed E-state index contributed by atoms with van der Waals surface area (Å²) in [5.41, 5.74) is 0.849. The van der Waals surface area contributed by atoms with Gasteiger partial charge in [-0.3, -0.25) is 19.6 Å². The van der Waals surface area contributed by atoms with Crippen LogP contribution >= 0.6 is 0 Å². The maximum absolute atomic E-state index is 12.2. The molecule has 1 aromatic heterocycles. The van der Waals surface area contributed by atoms with Gasteiger partial charge < -0.3 is 15.4 Å². The Morgan fingerprint density at radius 3 is 2.68 bits per heavy atom. The minimum absolute atomic E-state index is 0.0212. The quantitative estimate of drug-likeness (QED) is 0.531. The van der Waals surface area contributed by atoms with Gasteiger partial charge in [0, 0.05) is 25.5 Å². The van der Waals surface area contributed by atoms with E-state index in [0.717, 1.165) is 25.9 Å². The van der Waals surface area contributed by atoms with Gasteiger partial charge in [0.05, 0.1) is 18.1 Å². The third-order valence-electron chi connectivity index (χ3n) is 4.85. The fourth-order valence-electron chi connectivity index (χ4n) is 3.39. The van der Waals surface area contributed by atoms with E-state index < -0.39 is 4.92 Å². The first-order chi connectivity index (χ1) is 11.9. The smallest absolute Gasteiger partial charge is 0.312 e. The Balaban J connectivity index is 1.88. The lowest BCUT2D eigenvalue weighted by Gasteiger charge is -2.37. The summed E-state index contributed by atoms with van der Waals surface area (Å²) in [6.45, 7) is 6.64. The molecule has 0 aliphatic carbocycles. The third-order valence-corrected chi connectivity index (χ3v) is 4.85. The lowest BCUT2D eigenvalue weighted by atomic mass is 9.79. The number of piperidine rings is 1. The maximum Gasteiger partial charge on any atom is 0.312 e. The molecule has 0 unspecified atom stereocenters. The average molecular weight is 353 g/mol. The van der Waals surface area contributed by atoms with Gasteiger partial charge in [-0.05, 0) is 39.8 Å². The molecule has 2 rings (SSSR count). The minimum Gasteiger partial charge on any atom is -0.384 e. The van der Waals surface area contributed by atoms with Crippen LogP contribution in [0.15, 0.2) is 0 Å². The molecule has 0 atom stereocenters. The lowest BCUT2D eigenvalue weighted by Crippen LogP contribution is -2.47. The number of amides is 1. The number of hydrogen-bond acceptors (Lipinski definition) is 6. The fraction of sp³-hybridized carbons (Fsp3) is 0.750. The molecular weight excluding hydrogens is 326 g/mol. The summed E-state index contributed by atoms with van der Waals surface area (Å²) in [4.78, 5) is 22.8. The number of nitrogens with zero attached hydrogens (tertiary/aromatic N) is 3. The summed E-state index contributed by atoms with van der Waals surface area (Å²) in [6.07, 6.45) is 2.16. The van der Waals surface area contributed by atoms with Gasteiger partial charge >= 0.3 is 5.69 Å². The summed E-state index contributed by atoms with van der Waals surface area (Å²) >= 11 is 0. The SMILES string of the molecule is COCC1(CNC(=O)CCn2nc(C)c([N+](=O)[O-])c2C)CCNCC1. The van der Waals surface area contributed by atoms with E-state index in [1.54, 1.807) is 21.0 Å². The van der Waals surface area contributed by atoms with Crippen molar-refractivity contribution in [3.8, 4) is 0 Å². The fourth-order valence-corrected chi connectivity index (χ4v) is 3.39. The number of carbonyl (C=O) groups is 1. The van der Waals surface area contributed by atoms with Crippen LogP contribution in [0.1, 0.15) is 30.7 Å². The van der Waals surface area contributed by atoms with Crippen LogP contribution in [-0.4, -0.2) is 54.0 Å².